The summed E-state index contributed by atoms with van der Waals surface area (Å²) in [5, 5.41) is 13.9. The third-order valence-corrected chi connectivity index (χ3v) is 5.71. The molecule has 0 unspecified atom stereocenters. The maximum absolute atomic E-state index is 12.3. The summed E-state index contributed by atoms with van der Waals surface area (Å²) in [6.07, 6.45) is 5.70. The van der Waals surface area contributed by atoms with Crippen LogP contribution >= 0.6 is 11.8 Å². The highest BCUT2D eigenvalue weighted by molar-refractivity contribution is 8.00. The fourth-order valence-corrected chi connectivity index (χ4v) is 4.10. The molecule has 1 saturated carbocycles. The van der Waals surface area contributed by atoms with E-state index in [1.807, 2.05) is 0 Å². The van der Waals surface area contributed by atoms with Crippen LogP contribution in [-0.4, -0.2) is 36.9 Å². The molecule has 6 nitrogen and oxygen atoms in total. The van der Waals surface area contributed by atoms with Crippen LogP contribution in [0.25, 0.3) is 10.9 Å². The van der Waals surface area contributed by atoms with E-state index < -0.39 is 0 Å². The third kappa shape index (κ3) is 4.64. The Kier molecular flexibility index (Phi) is 6.40. The zero-order chi connectivity index (χ0) is 19.2. The molecule has 1 aromatic carbocycles. The maximum atomic E-state index is 12.3. The molecule has 0 spiro atoms. The molecule has 1 aromatic heterocycles. The van der Waals surface area contributed by atoms with E-state index in [4.69, 9.17) is 9.47 Å². The van der Waals surface area contributed by atoms with Gasteiger partial charge < -0.3 is 14.8 Å². The molecule has 1 heterocycles. The van der Waals surface area contributed by atoms with Crippen molar-refractivity contribution in [3.05, 3.63) is 23.8 Å². The van der Waals surface area contributed by atoms with Gasteiger partial charge in [-0.05, 0) is 25.0 Å². The molecule has 0 saturated heterocycles. The fourth-order valence-electron chi connectivity index (χ4n) is 3.32. The number of benzene rings is 1. The molecule has 1 aliphatic carbocycles. The lowest BCUT2D eigenvalue weighted by Crippen LogP contribution is -2.37. The monoisotopic (exact) mass is 385 g/mol. The first-order valence-corrected chi connectivity index (χ1v) is 10.0. The Morgan fingerprint density at radius 3 is 2.59 bits per heavy atom. The molecule has 0 bridgehead atoms. The number of methoxy groups -OCH3 is 2. The van der Waals surface area contributed by atoms with E-state index in [9.17, 15) is 10.1 Å². The van der Waals surface area contributed by atoms with Gasteiger partial charge in [0.1, 0.15) is 11.1 Å². The quantitative estimate of drug-likeness (QED) is 0.764. The van der Waals surface area contributed by atoms with Gasteiger partial charge in [-0.15, -0.1) is 0 Å². The number of amides is 1. The van der Waals surface area contributed by atoms with Crippen molar-refractivity contribution in [1.29, 1.82) is 5.26 Å². The lowest BCUT2D eigenvalue weighted by atomic mass is 9.95. The molecule has 0 radical (unpaired) electrons. The van der Waals surface area contributed by atoms with Crippen molar-refractivity contribution in [1.82, 2.24) is 10.3 Å². The molecule has 0 atom stereocenters. The Morgan fingerprint density at radius 2 is 1.93 bits per heavy atom. The van der Waals surface area contributed by atoms with Crippen molar-refractivity contribution in [3.63, 3.8) is 0 Å². The molecule has 3 rings (SSSR count). The lowest BCUT2D eigenvalue weighted by Gasteiger charge is -2.22. The summed E-state index contributed by atoms with van der Waals surface area (Å²) in [6.45, 7) is 0. The largest absolute Gasteiger partial charge is 0.493 e. The average Bonchev–Trinajstić information content (AvgIpc) is 2.71. The van der Waals surface area contributed by atoms with Gasteiger partial charge in [-0.25, -0.2) is 4.98 Å². The van der Waals surface area contributed by atoms with Crippen LogP contribution in [0.3, 0.4) is 0 Å². The number of hydrogen-bond donors (Lipinski definition) is 1. The van der Waals surface area contributed by atoms with Gasteiger partial charge in [0, 0.05) is 17.5 Å². The molecule has 1 N–H and O–H groups in total. The van der Waals surface area contributed by atoms with Crippen LogP contribution in [0.4, 0.5) is 0 Å². The molecular weight excluding hydrogens is 362 g/mol. The molecule has 1 aliphatic rings. The number of hydrogen-bond acceptors (Lipinski definition) is 6. The number of pyridine rings is 1. The van der Waals surface area contributed by atoms with E-state index >= 15 is 0 Å². The van der Waals surface area contributed by atoms with E-state index in [0.717, 1.165) is 18.2 Å². The number of fused-ring (bicyclic) bond motifs is 1. The second-order valence-corrected chi connectivity index (χ2v) is 7.51. The van der Waals surface area contributed by atoms with Crippen molar-refractivity contribution >= 4 is 28.6 Å². The molecule has 0 aliphatic heterocycles. The van der Waals surface area contributed by atoms with Crippen molar-refractivity contribution in [2.45, 2.75) is 43.2 Å². The highest BCUT2D eigenvalue weighted by Crippen LogP contribution is 2.33. The first kappa shape index (κ1) is 19.3. The summed E-state index contributed by atoms with van der Waals surface area (Å²) in [5.41, 5.74) is 1.15. The minimum Gasteiger partial charge on any atom is -0.493 e. The van der Waals surface area contributed by atoms with Gasteiger partial charge in [-0.3, -0.25) is 4.79 Å². The third-order valence-electron chi connectivity index (χ3n) is 4.72. The van der Waals surface area contributed by atoms with Crippen molar-refractivity contribution in [3.8, 4) is 17.6 Å². The van der Waals surface area contributed by atoms with E-state index in [1.54, 1.807) is 32.4 Å². The number of nitrogens with zero attached hydrogens (tertiary/aromatic N) is 2. The summed E-state index contributed by atoms with van der Waals surface area (Å²) in [6, 6.07) is 7.80. The second-order valence-electron chi connectivity index (χ2n) is 6.54. The van der Waals surface area contributed by atoms with Gasteiger partial charge >= 0.3 is 0 Å². The summed E-state index contributed by atoms with van der Waals surface area (Å²) >= 11 is 1.29. The molecule has 7 heteroatoms. The smallest absolute Gasteiger partial charge is 0.230 e. The Labute approximate surface area is 163 Å². The van der Waals surface area contributed by atoms with Crippen LogP contribution in [0, 0.1) is 11.3 Å². The van der Waals surface area contributed by atoms with Crippen molar-refractivity contribution in [2.75, 3.05) is 20.0 Å². The van der Waals surface area contributed by atoms with E-state index in [0.29, 0.717) is 27.6 Å². The Hall–Kier alpha value is -2.46. The number of carbonyl (C=O) groups is 1. The van der Waals surface area contributed by atoms with Crippen LogP contribution in [0.1, 0.15) is 37.7 Å². The zero-order valence-corrected chi connectivity index (χ0v) is 16.4. The SMILES string of the molecule is COc1cc2cc(C#N)c(SCC(=O)NC3CCCCC3)nc2cc1OC. The summed E-state index contributed by atoms with van der Waals surface area (Å²) < 4.78 is 10.6. The van der Waals surface area contributed by atoms with Crippen molar-refractivity contribution < 1.29 is 14.3 Å². The molecule has 142 valence electrons. The number of ether oxygens (including phenoxy) is 2. The fraction of sp³-hybridized carbons (Fsp3) is 0.450. The molecule has 1 amide bonds. The number of carbonyl (C=O) groups excluding carboxylic acids is 1. The van der Waals surface area contributed by atoms with Gasteiger partial charge in [-0.1, -0.05) is 31.0 Å². The van der Waals surface area contributed by atoms with E-state index in [1.165, 1.54) is 31.0 Å². The number of nitriles is 1. The number of rotatable bonds is 6. The Morgan fingerprint density at radius 1 is 1.22 bits per heavy atom. The predicted molar refractivity (Wildman–Crippen MR) is 105 cm³/mol. The van der Waals surface area contributed by atoms with Gasteiger partial charge in [-0.2, -0.15) is 5.26 Å². The minimum absolute atomic E-state index is 0.00926. The summed E-state index contributed by atoms with van der Waals surface area (Å²) in [4.78, 5) is 16.8. The number of aromatic nitrogens is 1. The van der Waals surface area contributed by atoms with Gasteiger partial charge in [0.05, 0.1) is 31.1 Å². The minimum atomic E-state index is -0.00926. The van der Waals surface area contributed by atoms with Crippen LogP contribution in [0.15, 0.2) is 23.2 Å². The molecular formula is C20H23N3O3S. The van der Waals surface area contributed by atoms with Gasteiger partial charge in [0.2, 0.25) is 5.91 Å². The lowest BCUT2D eigenvalue weighted by molar-refractivity contribution is -0.119. The zero-order valence-electron chi connectivity index (χ0n) is 15.6. The van der Waals surface area contributed by atoms with Crippen molar-refractivity contribution in [2.24, 2.45) is 0 Å². The molecule has 1 fully saturated rings. The van der Waals surface area contributed by atoms with E-state index in [2.05, 4.69) is 16.4 Å². The normalized spacial score (nSPS) is 14.6. The maximum Gasteiger partial charge on any atom is 0.230 e. The summed E-state index contributed by atoms with van der Waals surface area (Å²) in [7, 11) is 3.13. The highest BCUT2D eigenvalue weighted by atomic mass is 32.2. The van der Waals surface area contributed by atoms with Crippen LogP contribution in [0.2, 0.25) is 0 Å². The van der Waals surface area contributed by atoms with E-state index in [-0.39, 0.29) is 17.7 Å². The first-order chi connectivity index (χ1) is 13.1. The topological polar surface area (TPSA) is 84.2 Å². The highest BCUT2D eigenvalue weighted by Gasteiger charge is 2.17. The molecule has 27 heavy (non-hydrogen) atoms. The predicted octanol–water partition coefficient (Wildman–Crippen LogP) is 3.66. The molecule has 2 aromatic rings. The Bertz CT molecular complexity index is 873. The van der Waals surface area contributed by atoms with Crippen LogP contribution < -0.4 is 14.8 Å². The van der Waals surface area contributed by atoms with Crippen LogP contribution in [-0.2, 0) is 4.79 Å². The van der Waals surface area contributed by atoms with Gasteiger partial charge in [0.25, 0.3) is 0 Å². The standard InChI is InChI=1S/C20H23N3O3S/c1-25-17-9-13-8-14(11-21)20(23-16(13)10-18(17)26-2)27-12-19(24)22-15-6-4-3-5-7-15/h8-10,15H,3-7,12H2,1-2H3,(H,22,24). The van der Waals surface area contributed by atoms with Gasteiger partial charge in [0.15, 0.2) is 11.5 Å². The number of nitrogens with one attached hydrogen (secondary N) is 1. The average molecular weight is 385 g/mol. The second kappa shape index (κ2) is 8.96. The van der Waals surface area contributed by atoms with Crippen LogP contribution in [0.5, 0.6) is 11.5 Å². The first-order valence-electron chi connectivity index (χ1n) is 9.03. The Balaban J connectivity index is 1.76. The number of thioether (sulfide) groups is 1. The summed E-state index contributed by atoms with van der Waals surface area (Å²) in [5.74, 6) is 1.40.